The minimum atomic E-state index is -0.213. The zero-order valence-electron chi connectivity index (χ0n) is 19.4. The lowest BCUT2D eigenvalue weighted by Crippen LogP contribution is -2.40. The summed E-state index contributed by atoms with van der Waals surface area (Å²) in [6, 6.07) is 23.9. The van der Waals surface area contributed by atoms with Crippen LogP contribution in [0.2, 0.25) is 0 Å². The molecule has 1 aliphatic rings. The second-order valence-corrected chi connectivity index (χ2v) is 7.89. The number of carbonyl (C=O) groups is 2. The number of benzene rings is 3. The topological polar surface area (TPSA) is 89.1 Å². The third-order valence-electron chi connectivity index (χ3n) is 5.40. The zero-order valence-corrected chi connectivity index (χ0v) is 19.4. The summed E-state index contributed by atoms with van der Waals surface area (Å²) in [5.41, 5.74) is 1.95. The van der Waals surface area contributed by atoms with Crippen LogP contribution >= 0.6 is 0 Å². The molecule has 35 heavy (non-hydrogen) atoms. The van der Waals surface area contributed by atoms with Crippen molar-refractivity contribution in [3.63, 3.8) is 0 Å². The molecule has 0 aliphatic carbocycles. The van der Waals surface area contributed by atoms with Gasteiger partial charge in [0.05, 0.1) is 25.4 Å². The number of morpholine rings is 1. The van der Waals surface area contributed by atoms with E-state index in [9.17, 15) is 9.59 Å². The molecule has 3 aromatic rings. The molecule has 0 unspecified atom stereocenters. The van der Waals surface area contributed by atoms with Crippen LogP contribution in [0.1, 0.15) is 10.4 Å². The van der Waals surface area contributed by atoms with Gasteiger partial charge in [0, 0.05) is 24.3 Å². The lowest BCUT2D eigenvalue weighted by atomic mass is 10.1. The second-order valence-electron chi connectivity index (χ2n) is 7.89. The minimum Gasteiger partial charge on any atom is -0.490 e. The molecule has 1 aliphatic heterocycles. The van der Waals surface area contributed by atoms with Gasteiger partial charge in [0.2, 0.25) is 5.91 Å². The predicted molar refractivity (Wildman–Crippen MR) is 134 cm³/mol. The Bertz CT molecular complexity index is 1100. The first-order valence-electron chi connectivity index (χ1n) is 11.6. The summed E-state index contributed by atoms with van der Waals surface area (Å²) in [7, 11) is 0. The van der Waals surface area contributed by atoms with Crippen molar-refractivity contribution in [2.24, 2.45) is 0 Å². The van der Waals surface area contributed by atoms with Crippen molar-refractivity contribution in [3.05, 3.63) is 84.4 Å². The van der Waals surface area contributed by atoms with Crippen molar-refractivity contribution in [2.75, 3.05) is 56.7 Å². The summed E-state index contributed by atoms with van der Waals surface area (Å²) in [6.45, 7) is 3.14. The highest BCUT2D eigenvalue weighted by Gasteiger charge is 2.18. The van der Waals surface area contributed by atoms with Crippen LogP contribution in [0, 0.1) is 0 Å². The van der Waals surface area contributed by atoms with Crippen molar-refractivity contribution >= 4 is 23.2 Å². The van der Waals surface area contributed by atoms with E-state index in [1.807, 2.05) is 42.5 Å². The first-order chi connectivity index (χ1) is 17.2. The Morgan fingerprint density at radius 1 is 0.829 bits per heavy atom. The maximum absolute atomic E-state index is 12.5. The van der Waals surface area contributed by atoms with Gasteiger partial charge < -0.3 is 29.7 Å². The summed E-state index contributed by atoms with van der Waals surface area (Å²) < 4.78 is 16.7. The van der Waals surface area contributed by atoms with E-state index in [1.54, 1.807) is 41.3 Å². The third-order valence-corrected chi connectivity index (χ3v) is 5.40. The first-order valence-corrected chi connectivity index (χ1v) is 11.6. The van der Waals surface area contributed by atoms with Crippen LogP contribution in [-0.4, -0.2) is 62.8 Å². The number of para-hydroxylation sites is 3. The van der Waals surface area contributed by atoms with Gasteiger partial charge >= 0.3 is 0 Å². The van der Waals surface area contributed by atoms with Gasteiger partial charge in [-0.15, -0.1) is 0 Å². The van der Waals surface area contributed by atoms with Crippen molar-refractivity contribution in [1.82, 2.24) is 4.90 Å². The molecule has 0 atom stereocenters. The maximum Gasteiger partial charge on any atom is 0.254 e. The van der Waals surface area contributed by atoms with Crippen molar-refractivity contribution in [2.45, 2.75) is 0 Å². The normalized spacial score (nSPS) is 13.1. The predicted octanol–water partition coefficient (Wildman–Crippen LogP) is 3.67. The Hall–Kier alpha value is -4.04. The average Bonchev–Trinajstić information content (AvgIpc) is 2.92. The molecule has 182 valence electrons. The highest BCUT2D eigenvalue weighted by Crippen LogP contribution is 2.23. The van der Waals surface area contributed by atoms with Crippen LogP contribution in [-0.2, 0) is 9.53 Å². The van der Waals surface area contributed by atoms with Crippen molar-refractivity contribution < 1.29 is 23.8 Å². The lowest BCUT2D eigenvalue weighted by Gasteiger charge is -2.26. The number of nitrogens with one attached hydrogen (secondary N) is 2. The van der Waals surface area contributed by atoms with Crippen LogP contribution in [0.25, 0.3) is 0 Å². The quantitative estimate of drug-likeness (QED) is 0.435. The highest BCUT2D eigenvalue weighted by molar-refractivity contribution is 5.96. The summed E-state index contributed by atoms with van der Waals surface area (Å²) >= 11 is 0. The fraction of sp³-hybridized carbons (Fsp3) is 0.259. The summed E-state index contributed by atoms with van der Waals surface area (Å²) in [6.07, 6.45) is 0. The molecule has 0 spiro atoms. The summed E-state index contributed by atoms with van der Waals surface area (Å²) in [5.74, 6) is 1.13. The van der Waals surface area contributed by atoms with Gasteiger partial charge in [-0.1, -0.05) is 30.3 Å². The number of hydrogen-bond acceptors (Lipinski definition) is 6. The van der Waals surface area contributed by atoms with E-state index in [0.29, 0.717) is 56.5 Å². The molecular weight excluding hydrogens is 446 g/mol. The number of amides is 2. The van der Waals surface area contributed by atoms with Gasteiger partial charge in [-0.2, -0.15) is 0 Å². The highest BCUT2D eigenvalue weighted by atomic mass is 16.5. The molecule has 0 radical (unpaired) electrons. The van der Waals surface area contributed by atoms with E-state index in [0.717, 1.165) is 11.4 Å². The number of rotatable bonds is 10. The van der Waals surface area contributed by atoms with Crippen LogP contribution in [0.5, 0.6) is 11.5 Å². The fourth-order valence-corrected chi connectivity index (χ4v) is 3.58. The van der Waals surface area contributed by atoms with Gasteiger partial charge in [-0.25, -0.2) is 0 Å². The van der Waals surface area contributed by atoms with Crippen LogP contribution in [0.3, 0.4) is 0 Å². The van der Waals surface area contributed by atoms with Crippen LogP contribution in [0.15, 0.2) is 78.9 Å². The smallest absolute Gasteiger partial charge is 0.254 e. The van der Waals surface area contributed by atoms with E-state index in [1.165, 1.54) is 0 Å². The number of anilines is 2. The molecule has 8 heteroatoms. The van der Waals surface area contributed by atoms with Gasteiger partial charge in [0.15, 0.2) is 0 Å². The van der Waals surface area contributed by atoms with E-state index < -0.39 is 0 Å². The molecule has 8 nitrogen and oxygen atoms in total. The van der Waals surface area contributed by atoms with Crippen molar-refractivity contribution in [1.29, 1.82) is 0 Å². The molecular formula is C27H29N3O5. The Kier molecular flexibility index (Phi) is 8.56. The minimum absolute atomic E-state index is 0.0108. The van der Waals surface area contributed by atoms with Gasteiger partial charge in [-0.05, 0) is 48.5 Å². The van der Waals surface area contributed by atoms with Crippen LogP contribution in [0.4, 0.5) is 11.4 Å². The largest absolute Gasteiger partial charge is 0.490 e. The monoisotopic (exact) mass is 475 g/mol. The van der Waals surface area contributed by atoms with Gasteiger partial charge in [0.1, 0.15) is 24.7 Å². The molecule has 2 N–H and O–H groups in total. The summed E-state index contributed by atoms with van der Waals surface area (Å²) in [5, 5.41) is 5.95. The molecule has 1 saturated heterocycles. The number of hydrogen-bond donors (Lipinski definition) is 2. The lowest BCUT2D eigenvalue weighted by molar-refractivity contribution is -0.114. The molecule has 0 bridgehead atoms. The molecule has 1 fully saturated rings. The second kappa shape index (κ2) is 12.4. The average molecular weight is 476 g/mol. The van der Waals surface area contributed by atoms with Crippen molar-refractivity contribution in [3.8, 4) is 11.5 Å². The standard InChI is InChI=1S/C27H29N3O5/c31-26(20-28-22-12-10-21(11-13-22)27(32)30-14-16-33-17-15-30)29-24-8-4-5-9-25(24)35-19-18-34-23-6-2-1-3-7-23/h1-13,28H,14-20H2,(H,29,31). The van der Waals surface area contributed by atoms with E-state index in [2.05, 4.69) is 10.6 Å². The Balaban J connectivity index is 1.23. The number of nitrogens with zero attached hydrogens (tertiary/aromatic N) is 1. The van der Waals surface area contributed by atoms with Crippen LogP contribution < -0.4 is 20.1 Å². The molecule has 2 amide bonds. The third kappa shape index (κ3) is 7.22. The Morgan fingerprint density at radius 3 is 2.29 bits per heavy atom. The zero-order chi connectivity index (χ0) is 24.3. The SMILES string of the molecule is O=C(CNc1ccc(C(=O)N2CCOCC2)cc1)Nc1ccccc1OCCOc1ccccc1. The molecule has 4 rings (SSSR count). The number of carbonyl (C=O) groups excluding carboxylic acids is 2. The Morgan fingerprint density at radius 2 is 1.51 bits per heavy atom. The Labute approximate surface area is 204 Å². The van der Waals surface area contributed by atoms with E-state index >= 15 is 0 Å². The van der Waals surface area contributed by atoms with Gasteiger partial charge in [-0.3, -0.25) is 9.59 Å². The summed E-state index contributed by atoms with van der Waals surface area (Å²) in [4.78, 5) is 26.8. The molecule has 3 aromatic carbocycles. The fourth-order valence-electron chi connectivity index (χ4n) is 3.58. The number of ether oxygens (including phenoxy) is 3. The molecule has 0 saturated carbocycles. The molecule has 1 heterocycles. The van der Waals surface area contributed by atoms with E-state index in [-0.39, 0.29) is 18.4 Å². The first kappa shape index (κ1) is 24.1. The van der Waals surface area contributed by atoms with Gasteiger partial charge in [0.25, 0.3) is 5.91 Å². The molecule has 0 aromatic heterocycles. The van der Waals surface area contributed by atoms with E-state index in [4.69, 9.17) is 14.2 Å². The maximum atomic E-state index is 12.5.